The van der Waals surface area contributed by atoms with E-state index in [1.54, 1.807) is 48.5 Å². The molecule has 2 aromatic carbocycles. The first-order valence-electron chi connectivity index (χ1n) is 9.08. The van der Waals surface area contributed by atoms with E-state index in [0.717, 1.165) is 0 Å². The summed E-state index contributed by atoms with van der Waals surface area (Å²) in [7, 11) is 3.02. The summed E-state index contributed by atoms with van der Waals surface area (Å²) in [6, 6.07) is 13.0. The van der Waals surface area contributed by atoms with E-state index in [0.29, 0.717) is 22.6 Å². The van der Waals surface area contributed by atoms with Crippen molar-refractivity contribution in [2.45, 2.75) is 24.4 Å². The van der Waals surface area contributed by atoms with Gasteiger partial charge in [-0.25, -0.2) is 0 Å². The molecule has 0 radical (unpaired) electrons. The van der Waals surface area contributed by atoms with Crippen molar-refractivity contribution < 1.29 is 40.1 Å². The standard InChI is InChI=1S/C22H26O8/c1-29-15-7-3-13(4-8-15)11-17(23)19(25)21(27)22(28)20(26)18(24)12-14-5-9-16(30-2)10-6-14/h3-12,19-28H,1-2H3/t19-,20+,21-,22-/m1/s1. The Labute approximate surface area is 174 Å². The molecule has 0 saturated heterocycles. The number of hydrogen-bond acceptors (Lipinski definition) is 8. The van der Waals surface area contributed by atoms with Gasteiger partial charge >= 0.3 is 0 Å². The van der Waals surface area contributed by atoms with E-state index in [9.17, 15) is 30.6 Å². The summed E-state index contributed by atoms with van der Waals surface area (Å²) >= 11 is 0. The lowest BCUT2D eigenvalue weighted by atomic mass is 9.98. The van der Waals surface area contributed by atoms with E-state index in [4.69, 9.17) is 9.47 Å². The summed E-state index contributed by atoms with van der Waals surface area (Å²) in [5, 5.41) is 60.6. The monoisotopic (exact) mass is 418 g/mol. The van der Waals surface area contributed by atoms with Crippen molar-refractivity contribution in [3.63, 3.8) is 0 Å². The van der Waals surface area contributed by atoms with E-state index in [2.05, 4.69) is 0 Å². The number of hydrogen-bond donors (Lipinski definition) is 6. The molecule has 8 heteroatoms. The topological polar surface area (TPSA) is 140 Å². The van der Waals surface area contributed by atoms with E-state index < -0.39 is 35.9 Å². The second kappa shape index (κ2) is 10.7. The Morgan fingerprint density at radius 3 is 1.20 bits per heavy atom. The van der Waals surface area contributed by atoms with Crippen LogP contribution >= 0.6 is 0 Å². The van der Waals surface area contributed by atoms with Gasteiger partial charge in [0.25, 0.3) is 0 Å². The molecule has 0 spiro atoms. The summed E-state index contributed by atoms with van der Waals surface area (Å²) < 4.78 is 10.1. The van der Waals surface area contributed by atoms with Crippen LogP contribution < -0.4 is 9.47 Å². The minimum absolute atomic E-state index is 0.511. The van der Waals surface area contributed by atoms with E-state index in [1.807, 2.05) is 0 Å². The highest BCUT2D eigenvalue weighted by molar-refractivity contribution is 5.54. The number of rotatable bonds is 9. The van der Waals surface area contributed by atoms with Crippen LogP contribution in [0.1, 0.15) is 11.1 Å². The Bertz CT molecular complexity index is 784. The normalized spacial score (nSPS) is 16.5. The maximum atomic E-state index is 10.1. The molecule has 0 heterocycles. The fourth-order valence-electron chi connectivity index (χ4n) is 2.64. The third-order valence-corrected chi connectivity index (χ3v) is 4.46. The van der Waals surface area contributed by atoms with Crippen molar-refractivity contribution >= 4 is 12.2 Å². The number of aliphatic hydroxyl groups is 6. The second-order valence-corrected chi connectivity index (χ2v) is 6.56. The minimum atomic E-state index is -1.97. The first kappa shape index (κ1) is 23.2. The molecule has 0 amide bonds. The largest absolute Gasteiger partial charge is 0.509 e. The van der Waals surface area contributed by atoms with Crippen LogP contribution in [0.2, 0.25) is 0 Å². The summed E-state index contributed by atoms with van der Waals surface area (Å²) in [6.45, 7) is 0. The molecule has 30 heavy (non-hydrogen) atoms. The molecule has 2 aromatic rings. The molecule has 0 aliphatic heterocycles. The smallest absolute Gasteiger partial charge is 0.139 e. The minimum Gasteiger partial charge on any atom is -0.509 e. The van der Waals surface area contributed by atoms with Crippen molar-refractivity contribution in [2.24, 2.45) is 0 Å². The molecular weight excluding hydrogens is 392 g/mol. The molecule has 0 fully saturated rings. The van der Waals surface area contributed by atoms with Crippen LogP contribution in [0.4, 0.5) is 0 Å². The maximum Gasteiger partial charge on any atom is 0.139 e. The highest BCUT2D eigenvalue weighted by Gasteiger charge is 2.34. The van der Waals surface area contributed by atoms with Crippen molar-refractivity contribution in [1.29, 1.82) is 0 Å². The highest BCUT2D eigenvalue weighted by atomic mass is 16.5. The van der Waals surface area contributed by atoms with E-state index in [1.165, 1.54) is 26.4 Å². The summed E-state index contributed by atoms with van der Waals surface area (Å²) in [6.07, 6.45) is -5.35. The molecule has 8 nitrogen and oxygen atoms in total. The van der Waals surface area contributed by atoms with Gasteiger partial charge in [0.1, 0.15) is 47.4 Å². The van der Waals surface area contributed by atoms with Gasteiger partial charge in [0, 0.05) is 0 Å². The fourth-order valence-corrected chi connectivity index (χ4v) is 2.64. The van der Waals surface area contributed by atoms with Crippen LogP contribution in [0.15, 0.2) is 60.0 Å². The first-order chi connectivity index (χ1) is 14.3. The molecule has 0 unspecified atom stereocenters. The Balaban J connectivity index is 2.08. The van der Waals surface area contributed by atoms with Crippen molar-refractivity contribution in [3.05, 3.63) is 71.2 Å². The molecular formula is C22H26O8. The van der Waals surface area contributed by atoms with Crippen LogP contribution in [-0.2, 0) is 0 Å². The number of methoxy groups -OCH3 is 2. The average molecular weight is 418 g/mol. The van der Waals surface area contributed by atoms with Gasteiger partial charge in [0.05, 0.1) is 14.2 Å². The Hall–Kier alpha value is -3.04. The second-order valence-electron chi connectivity index (χ2n) is 6.56. The number of benzene rings is 2. The molecule has 0 aliphatic rings. The van der Waals surface area contributed by atoms with E-state index in [-0.39, 0.29) is 0 Å². The Morgan fingerprint density at radius 2 is 0.933 bits per heavy atom. The average Bonchev–Trinajstić information content (AvgIpc) is 2.77. The third kappa shape index (κ3) is 5.98. The molecule has 0 bridgehead atoms. The van der Waals surface area contributed by atoms with Crippen LogP contribution in [0.3, 0.4) is 0 Å². The predicted molar refractivity (Wildman–Crippen MR) is 111 cm³/mol. The molecule has 0 saturated carbocycles. The fraction of sp³-hybridized carbons (Fsp3) is 0.273. The van der Waals surface area contributed by atoms with E-state index >= 15 is 0 Å². The van der Waals surface area contributed by atoms with Crippen molar-refractivity contribution in [1.82, 2.24) is 0 Å². The number of aliphatic hydroxyl groups excluding tert-OH is 6. The SMILES string of the molecule is COc1ccc(C=C(O)[C@@H](O)[C@@H](O)[C@H](O)[C@@H](O)C(O)=Cc2ccc(OC)cc2)cc1. The van der Waals surface area contributed by atoms with Gasteiger partial charge in [0.2, 0.25) is 0 Å². The Morgan fingerprint density at radius 1 is 0.633 bits per heavy atom. The van der Waals surface area contributed by atoms with Gasteiger partial charge in [-0.1, -0.05) is 24.3 Å². The highest BCUT2D eigenvalue weighted by Crippen LogP contribution is 2.20. The lowest BCUT2D eigenvalue weighted by molar-refractivity contribution is -0.0996. The lowest BCUT2D eigenvalue weighted by Gasteiger charge is -2.26. The van der Waals surface area contributed by atoms with Crippen LogP contribution in [-0.4, -0.2) is 69.3 Å². The van der Waals surface area contributed by atoms with Crippen LogP contribution in [0.5, 0.6) is 11.5 Å². The van der Waals surface area contributed by atoms with Gasteiger partial charge in [0.15, 0.2) is 0 Å². The maximum absolute atomic E-state index is 10.1. The van der Waals surface area contributed by atoms with Gasteiger partial charge < -0.3 is 40.1 Å². The van der Waals surface area contributed by atoms with Crippen LogP contribution in [0.25, 0.3) is 12.2 Å². The van der Waals surface area contributed by atoms with Crippen molar-refractivity contribution in [2.75, 3.05) is 14.2 Å². The summed E-state index contributed by atoms with van der Waals surface area (Å²) in [4.78, 5) is 0. The van der Waals surface area contributed by atoms with Gasteiger partial charge in [-0.15, -0.1) is 0 Å². The summed E-state index contributed by atoms with van der Waals surface area (Å²) in [5.41, 5.74) is 1.02. The summed E-state index contributed by atoms with van der Waals surface area (Å²) in [5.74, 6) is -0.0511. The molecule has 4 atom stereocenters. The molecule has 162 valence electrons. The van der Waals surface area contributed by atoms with Gasteiger partial charge in [-0.2, -0.15) is 0 Å². The zero-order valence-electron chi connectivity index (χ0n) is 16.6. The first-order valence-corrected chi connectivity index (χ1v) is 9.08. The molecule has 0 aliphatic carbocycles. The molecule has 0 aromatic heterocycles. The van der Waals surface area contributed by atoms with Gasteiger partial charge in [-0.3, -0.25) is 0 Å². The predicted octanol–water partition coefficient (Wildman–Crippen LogP) is 1.65. The zero-order valence-corrected chi connectivity index (χ0v) is 16.6. The quantitative estimate of drug-likeness (QED) is 0.338. The lowest BCUT2D eigenvalue weighted by Crippen LogP contribution is -2.45. The van der Waals surface area contributed by atoms with Crippen LogP contribution in [0, 0.1) is 0 Å². The third-order valence-electron chi connectivity index (χ3n) is 4.46. The van der Waals surface area contributed by atoms with Crippen molar-refractivity contribution in [3.8, 4) is 11.5 Å². The van der Waals surface area contributed by atoms with Gasteiger partial charge in [-0.05, 0) is 47.5 Å². The number of ether oxygens (including phenoxy) is 2. The zero-order chi connectivity index (χ0) is 22.3. The molecule has 2 rings (SSSR count). The Kier molecular flexibility index (Phi) is 8.25. The molecule has 6 N–H and O–H groups in total.